The lowest BCUT2D eigenvalue weighted by Gasteiger charge is -2.14. The minimum absolute atomic E-state index is 0.273. The minimum atomic E-state index is -0.513. The van der Waals surface area contributed by atoms with E-state index in [0.29, 0.717) is 28.1 Å². The van der Waals surface area contributed by atoms with Crippen LogP contribution in [0, 0.1) is 20.8 Å². The van der Waals surface area contributed by atoms with Gasteiger partial charge in [-0.15, -0.1) is 0 Å². The SMILES string of the molecule is COC(=O)c1c(C)[nH]c(C(=O)COc2cc3ccccc3cc2C(=O)Nc2ccccc2C)c1C. The molecule has 178 valence electrons. The summed E-state index contributed by atoms with van der Waals surface area (Å²) < 4.78 is 10.7. The summed E-state index contributed by atoms with van der Waals surface area (Å²) in [5.74, 6) is -0.912. The van der Waals surface area contributed by atoms with E-state index >= 15 is 0 Å². The number of hydrogen-bond acceptors (Lipinski definition) is 5. The molecule has 7 nitrogen and oxygen atoms in total. The number of ketones is 1. The predicted octanol–water partition coefficient (Wildman–Crippen LogP) is 5.39. The molecule has 4 rings (SSSR count). The normalized spacial score (nSPS) is 10.7. The lowest BCUT2D eigenvalue weighted by atomic mass is 10.0. The monoisotopic (exact) mass is 470 g/mol. The second-order valence-electron chi connectivity index (χ2n) is 8.29. The van der Waals surface area contributed by atoms with Crippen molar-refractivity contribution >= 4 is 34.1 Å². The molecule has 1 amide bonds. The van der Waals surface area contributed by atoms with Gasteiger partial charge in [0.25, 0.3) is 5.91 Å². The summed E-state index contributed by atoms with van der Waals surface area (Å²) in [7, 11) is 1.29. The highest BCUT2D eigenvalue weighted by molar-refractivity contribution is 6.09. The van der Waals surface area contributed by atoms with Crippen molar-refractivity contribution in [2.45, 2.75) is 20.8 Å². The van der Waals surface area contributed by atoms with Crippen molar-refractivity contribution in [3.05, 3.63) is 94.3 Å². The molecule has 0 bridgehead atoms. The number of anilines is 1. The summed E-state index contributed by atoms with van der Waals surface area (Å²) in [6.45, 7) is 4.98. The van der Waals surface area contributed by atoms with Crippen LogP contribution in [0.1, 0.15) is 48.0 Å². The molecular formula is C28H26N2O5. The smallest absolute Gasteiger partial charge is 0.339 e. The van der Waals surface area contributed by atoms with Crippen molar-refractivity contribution in [2.24, 2.45) is 0 Å². The van der Waals surface area contributed by atoms with Crippen LogP contribution in [0.25, 0.3) is 10.8 Å². The number of aromatic nitrogens is 1. The van der Waals surface area contributed by atoms with Crippen LogP contribution in [0.3, 0.4) is 0 Å². The van der Waals surface area contributed by atoms with Gasteiger partial charge in [0.2, 0.25) is 5.78 Å². The number of nitrogens with one attached hydrogen (secondary N) is 2. The Labute approximate surface area is 203 Å². The van der Waals surface area contributed by atoms with E-state index in [1.54, 1.807) is 26.0 Å². The van der Waals surface area contributed by atoms with E-state index in [0.717, 1.165) is 16.3 Å². The summed E-state index contributed by atoms with van der Waals surface area (Å²) in [4.78, 5) is 41.2. The van der Waals surface area contributed by atoms with Gasteiger partial charge in [-0.25, -0.2) is 4.79 Å². The predicted molar refractivity (Wildman–Crippen MR) is 135 cm³/mol. The van der Waals surface area contributed by atoms with Gasteiger partial charge in [-0.05, 0) is 60.9 Å². The fraction of sp³-hybridized carbons (Fsp3) is 0.179. The average molecular weight is 471 g/mol. The first-order valence-electron chi connectivity index (χ1n) is 11.1. The molecule has 0 saturated heterocycles. The van der Waals surface area contributed by atoms with Crippen molar-refractivity contribution in [1.82, 2.24) is 4.98 Å². The van der Waals surface area contributed by atoms with Gasteiger partial charge in [-0.1, -0.05) is 42.5 Å². The lowest BCUT2D eigenvalue weighted by Crippen LogP contribution is -2.18. The topological polar surface area (TPSA) is 97.5 Å². The maximum Gasteiger partial charge on any atom is 0.339 e. The van der Waals surface area contributed by atoms with Crippen LogP contribution < -0.4 is 10.1 Å². The maximum absolute atomic E-state index is 13.2. The molecule has 0 saturated carbocycles. The number of aryl methyl sites for hydroxylation is 2. The number of ether oxygens (including phenoxy) is 2. The number of carbonyl (C=O) groups excluding carboxylic acids is 3. The third-order valence-corrected chi connectivity index (χ3v) is 5.95. The molecule has 0 spiro atoms. The van der Waals surface area contributed by atoms with E-state index in [9.17, 15) is 14.4 Å². The van der Waals surface area contributed by atoms with Gasteiger partial charge in [0, 0.05) is 11.4 Å². The van der Waals surface area contributed by atoms with Crippen molar-refractivity contribution in [1.29, 1.82) is 0 Å². The van der Waals surface area contributed by atoms with Gasteiger partial charge < -0.3 is 19.8 Å². The molecule has 4 aromatic rings. The quantitative estimate of drug-likeness (QED) is 0.279. The molecule has 0 fully saturated rings. The molecule has 0 radical (unpaired) electrons. The van der Waals surface area contributed by atoms with Crippen LogP contribution in [0.15, 0.2) is 60.7 Å². The molecule has 0 atom stereocenters. The number of carbonyl (C=O) groups is 3. The standard InChI is InChI=1S/C28H26N2O5/c1-16-9-5-8-12-22(16)30-27(32)21-13-19-10-6-7-11-20(19)14-24(21)35-15-23(31)26-17(2)25(18(3)29-26)28(33)34-4/h5-14,29H,15H2,1-4H3,(H,30,32). The van der Waals surface area contributed by atoms with Crippen LogP contribution in [0.5, 0.6) is 5.75 Å². The zero-order valence-corrected chi connectivity index (χ0v) is 20.0. The molecule has 3 aromatic carbocycles. The first kappa shape index (κ1) is 23.8. The Morgan fingerprint density at radius 2 is 1.57 bits per heavy atom. The van der Waals surface area contributed by atoms with Crippen molar-refractivity contribution in [2.75, 3.05) is 19.0 Å². The van der Waals surface area contributed by atoms with E-state index in [-0.39, 0.29) is 29.7 Å². The molecule has 7 heteroatoms. The number of rotatable bonds is 7. The number of aromatic amines is 1. The number of benzene rings is 3. The van der Waals surface area contributed by atoms with Gasteiger partial charge in [0.1, 0.15) is 5.75 Å². The van der Waals surface area contributed by atoms with Gasteiger partial charge in [-0.2, -0.15) is 0 Å². The van der Waals surface area contributed by atoms with E-state index < -0.39 is 5.97 Å². The zero-order valence-electron chi connectivity index (χ0n) is 20.0. The molecule has 35 heavy (non-hydrogen) atoms. The average Bonchev–Trinajstić information content (AvgIpc) is 3.16. The van der Waals surface area contributed by atoms with Crippen molar-refractivity contribution < 1.29 is 23.9 Å². The first-order valence-corrected chi connectivity index (χ1v) is 11.1. The van der Waals surface area contributed by atoms with E-state index in [4.69, 9.17) is 9.47 Å². The third-order valence-electron chi connectivity index (χ3n) is 5.95. The van der Waals surface area contributed by atoms with Crippen LogP contribution in [0.2, 0.25) is 0 Å². The molecule has 0 unspecified atom stereocenters. The van der Waals surface area contributed by atoms with Crippen molar-refractivity contribution in [3.8, 4) is 5.75 Å². The molecule has 0 aliphatic heterocycles. The van der Waals surface area contributed by atoms with Gasteiger partial charge in [0.15, 0.2) is 6.61 Å². The number of H-pyrrole nitrogens is 1. The second kappa shape index (κ2) is 9.85. The second-order valence-corrected chi connectivity index (χ2v) is 8.29. The van der Waals surface area contributed by atoms with Gasteiger partial charge >= 0.3 is 5.97 Å². The molecule has 1 aromatic heterocycles. The highest BCUT2D eigenvalue weighted by atomic mass is 16.5. The largest absolute Gasteiger partial charge is 0.485 e. The van der Waals surface area contributed by atoms with E-state index in [2.05, 4.69) is 10.3 Å². The summed E-state index contributed by atoms with van der Waals surface area (Å²) >= 11 is 0. The lowest BCUT2D eigenvalue weighted by molar-refractivity contribution is 0.0599. The van der Waals surface area contributed by atoms with Crippen LogP contribution in [-0.2, 0) is 4.74 Å². The Hall–Kier alpha value is -4.39. The Morgan fingerprint density at radius 3 is 2.26 bits per heavy atom. The molecule has 1 heterocycles. The fourth-order valence-corrected chi connectivity index (χ4v) is 4.07. The Bertz CT molecular complexity index is 1450. The maximum atomic E-state index is 13.2. The highest BCUT2D eigenvalue weighted by Crippen LogP contribution is 2.28. The molecule has 0 aliphatic rings. The Morgan fingerprint density at radius 1 is 0.914 bits per heavy atom. The highest BCUT2D eigenvalue weighted by Gasteiger charge is 2.23. The number of fused-ring (bicyclic) bond motifs is 1. The van der Waals surface area contributed by atoms with E-state index in [1.165, 1.54) is 7.11 Å². The number of hydrogen-bond donors (Lipinski definition) is 2. The first-order chi connectivity index (χ1) is 16.8. The number of Topliss-reactive ketones (excluding diaryl/α,β-unsaturated/α-hetero) is 1. The summed E-state index contributed by atoms with van der Waals surface area (Å²) in [6.07, 6.45) is 0. The Balaban J connectivity index is 1.64. The van der Waals surface area contributed by atoms with Crippen LogP contribution in [-0.4, -0.2) is 36.4 Å². The fourth-order valence-electron chi connectivity index (χ4n) is 4.07. The Kier molecular flexibility index (Phi) is 6.68. The number of amides is 1. The molecule has 2 N–H and O–H groups in total. The summed E-state index contributed by atoms with van der Waals surface area (Å²) in [5, 5.41) is 4.68. The minimum Gasteiger partial charge on any atom is -0.485 e. The molecule has 0 aliphatic carbocycles. The van der Waals surface area contributed by atoms with E-state index in [1.807, 2.05) is 55.5 Å². The molecular weight excluding hydrogens is 444 g/mol. The van der Waals surface area contributed by atoms with Gasteiger partial charge in [-0.3, -0.25) is 9.59 Å². The third kappa shape index (κ3) is 4.80. The number of methoxy groups -OCH3 is 1. The van der Waals surface area contributed by atoms with Crippen LogP contribution >= 0.6 is 0 Å². The van der Waals surface area contributed by atoms with Crippen LogP contribution in [0.4, 0.5) is 5.69 Å². The van der Waals surface area contributed by atoms with Crippen molar-refractivity contribution in [3.63, 3.8) is 0 Å². The summed E-state index contributed by atoms with van der Waals surface area (Å²) in [6, 6.07) is 18.6. The number of para-hydroxylation sites is 1. The number of esters is 1. The summed E-state index contributed by atoms with van der Waals surface area (Å²) in [5.41, 5.74) is 3.59. The van der Waals surface area contributed by atoms with Gasteiger partial charge in [0.05, 0.1) is 23.9 Å². The zero-order chi connectivity index (χ0) is 25.1.